The molecule has 2 amide bonds. The third kappa shape index (κ3) is 7.75. The number of likely N-dealkylation sites (tertiary alicyclic amines) is 2. The largest absolute Gasteiger partial charge is 0.480 e. The molecule has 0 aliphatic carbocycles. The second kappa shape index (κ2) is 14.1. The summed E-state index contributed by atoms with van der Waals surface area (Å²) in [7, 11) is 0. The molecule has 2 heterocycles. The lowest BCUT2D eigenvalue weighted by Gasteiger charge is -2.32. The summed E-state index contributed by atoms with van der Waals surface area (Å²) in [6, 6.07) is 19.4. The molecule has 0 spiro atoms. The van der Waals surface area contributed by atoms with Crippen molar-refractivity contribution < 1.29 is 33.0 Å². The van der Waals surface area contributed by atoms with Gasteiger partial charge in [0.05, 0.1) is 24.9 Å². The van der Waals surface area contributed by atoms with Crippen molar-refractivity contribution in [1.82, 2.24) is 15.1 Å². The number of benzene rings is 2. The van der Waals surface area contributed by atoms with Crippen molar-refractivity contribution in [2.75, 3.05) is 33.0 Å². The molecule has 0 radical (unpaired) electrons. The smallest absolute Gasteiger partial charge is 0.408 e. The Morgan fingerprint density at radius 1 is 0.932 bits per heavy atom. The van der Waals surface area contributed by atoms with Crippen LogP contribution < -0.4 is 5.32 Å². The highest BCUT2D eigenvalue weighted by Gasteiger charge is 2.57. The van der Waals surface area contributed by atoms with Gasteiger partial charge in [0.25, 0.3) is 0 Å². The van der Waals surface area contributed by atoms with Crippen molar-refractivity contribution in [3.8, 4) is 0 Å². The number of carboxylic acid groups (broad SMARTS) is 1. The van der Waals surface area contributed by atoms with Crippen LogP contribution in [0.15, 0.2) is 60.7 Å². The van der Waals surface area contributed by atoms with Gasteiger partial charge in [-0.3, -0.25) is 23.3 Å². The van der Waals surface area contributed by atoms with Gasteiger partial charge < -0.3 is 20.1 Å². The fourth-order valence-electron chi connectivity index (χ4n) is 5.93. The molecule has 8 nitrogen and oxygen atoms in total. The minimum absolute atomic E-state index is 0.133. The van der Waals surface area contributed by atoms with Crippen LogP contribution in [0.3, 0.4) is 0 Å². The number of rotatable bonds is 8. The van der Waals surface area contributed by atoms with Crippen molar-refractivity contribution in [3.05, 3.63) is 71.8 Å². The van der Waals surface area contributed by atoms with Gasteiger partial charge in [-0.25, -0.2) is 4.79 Å². The van der Waals surface area contributed by atoms with Crippen LogP contribution in [0.2, 0.25) is 0 Å². The summed E-state index contributed by atoms with van der Waals surface area (Å²) in [6.45, 7) is 12.7. The molecule has 0 aromatic heterocycles. The molecule has 2 aliphatic heterocycles. The molecule has 2 N–H and O–H groups in total. The molecule has 2 aliphatic rings. The van der Waals surface area contributed by atoms with E-state index in [9.17, 15) is 28.3 Å². The number of aliphatic carboxylic acids is 1. The first kappa shape index (κ1) is 35.0. The van der Waals surface area contributed by atoms with Crippen molar-refractivity contribution in [2.45, 2.75) is 71.7 Å². The molecule has 4 rings (SSSR count). The van der Waals surface area contributed by atoms with Gasteiger partial charge in [0.1, 0.15) is 5.60 Å². The second-order valence-electron chi connectivity index (χ2n) is 13.3. The molecule has 2 saturated heterocycles. The van der Waals surface area contributed by atoms with E-state index in [0.717, 1.165) is 5.56 Å². The molecule has 2 aromatic carbocycles. The van der Waals surface area contributed by atoms with Crippen molar-refractivity contribution >= 4 is 18.0 Å². The summed E-state index contributed by atoms with van der Waals surface area (Å²) in [5.41, 5.74) is -0.774. The molecule has 0 unspecified atom stereocenters. The molecule has 0 saturated carbocycles. The lowest BCUT2D eigenvalue weighted by molar-refractivity contribution is -0.157. The van der Waals surface area contributed by atoms with E-state index in [1.807, 2.05) is 83.1 Å². The normalized spacial score (nSPS) is 26.8. The predicted octanol–water partition coefficient (Wildman–Crippen LogP) is 6.20. The summed E-state index contributed by atoms with van der Waals surface area (Å²) < 4.78 is 32.1. The topological polar surface area (TPSA) is 99.2 Å². The van der Waals surface area contributed by atoms with Crippen LogP contribution in [0.25, 0.3) is 0 Å². The number of carboxylic acids is 1. The van der Waals surface area contributed by atoms with Crippen molar-refractivity contribution in [2.24, 2.45) is 17.3 Å². The van der Waals surface area contributed by atoms with Crippen LogP contribution in [-0.2, 0) is 14.3 Å². The first-order chi connectivity index (χ1) is 20.6. The van der Waals surface area contributed by atoms with Gasteiger partial charge in [-0.2, -0.15) is 0 Å². The minimum atomic E-state index is -1.67. The van der Waals surface area contributed by atoms with Crippen LogP contribution in [0.4, 0.5) is 13.6 Å². The van der Waals surface area contributed by atoms with E-state index in [0.29, 0.717) is 13.1 Å². The number of hydrogen-bond donors (Lipinski definition) is 2. The van der Waals surface area contributed by atoms with Crippen molar-refractivity contribution in [1.29, 1.82) is 0 Å². The zero-order valence-electron chi connectivity index (χ0n) is 26.8. The highest BCUT2D eigenvalue weighted by atomic mass is 19.1. The first-order valence-corrected chi connectivity index (χ1v) is 15.1. The van der Waals surface area contributed by atoms with E-state index < -0.39 is 53.8 Å². The number of alkyl halides is 2. The van der Waals surface area contributed by atoms with E-state index in [-0.39, 0.29) is 24.5 Å². The number of halogens is 2. The summed E-state index contributed by atoms with van der Waals surface area (Å²) >= 11 is 0. The third-order valence-electron chi connectivity index (χ3n) is 9.01. The molecule has 10 heteroatoms. The lowest BCUT2D eigenvalue weighted by Crippen LogP contribution is -2.53. The fraction of sp³-hybridized carbons (Fsp3) is 0.559. The van der Waals surface area contributed by atoms with E-state index in [4.69, 9.17) is 4.74 Å². The molecular weight excluding hydrogens is 568 g/mol. The fourth-order valence-corrected chi connectivity index (χ4v) is 5.93. The summed E-state index contributed by atoms with van der Waals surface area (Å²) in [5, 5.41) is 12.2. The number of amides is 2. The number of carbonyl (C=O) groups excluding carboxylic acids is 2. The maximum absolute atomic E-state index is 13.6. The van der Waals surface area contributed by atoms with Gasteiger partial charge in [0.15, 0.2) is 5.41 Å². The van der Waals surface area contributed by atoms with Gasteiger partial charge in [0, 0.05) is 37.5 Å². The standard InChI is InChI=1S/C19H29FN2O2.C15H18FNO3/c1-14(15-9-7-6-8-10-15)22-12-16(11-20)19(5,13-22)21-17(23)24-18(2,3)4;1-10(11-6-4-3-5-7-11)17-9-12(8-16)15(2,13(17)18)14(19)20/h6-10,14,16H,11-13H2,1-5H3,(H,21,23);3-7,10,12H,8-9H2,1-2H3,(H,19,20)/t14-,16-,19+;10-,12-,15-/m11/s1. The van der Waals surface area contributed by atoms with Crippen LogP contribution in [-0.4, -0.2) is 77.0 Å². The molecule has 2 aromatic rings. The van der Waals surface area contributed by atoms with E-state index in [1.54, 1.807) is 0 Å². The Bertz CT molecular complexity index is 1270. The molecule has 44 heavy (non-hydrogen) atoms. The summed E-state index contributed by atoms with van der Waals surface area (Å²) in [6.07, 6.45) is -0.488. The first-order valence-electron chi connectivity index (χ1n) is 15.1. The summed E-state index contributed by atoms with van der Waals surface area (Å²) in [4.78, 5) is 39.7. The monoisotopic (exact) mass is 615 g/mol. The number of nitrogens with one attached hydrogen (secondary N) is 1. The predicted molar refractivity (Wildman–Crippen MR) is 165 cm³/mol. The Hall–Kier alpha value is -3.53. The highest BCUT2D eigenvalue weighted by Crippen LogP contribution is 2.41. The Kier molecular flexibility index (Phi) is 11.2. The number of hydrogen-bond acceptors (Lipinski definition) is 5. The number of carbonyl (C=O) groups is 3. The Balaban J connectivity index is 0.000000244. The van der Waals surface area contributed by atoms with Crippen LogP contribution in [0.1, 0.15) is 71.7 Å². The number of ether oxygens (including phenoxy) is 1. The van der Waals surface area contributed by atoms with Gasteiger partial charge in [-0.1, -0.05) is 60.7 Å². The summed E-state index contributed by atoms with van der Waals surface area (Å²) in [5.74, 6) is -2.83. The van der Waals surface area contributed by atoms with E-state index >= 15 is 0 Å². The quantitative estimate of drug-likeness (QED) is 0.343. The second-order valence-corrected chi connectivity index (χ2v) is 13.3. The van der Waals surface area contributed by atoms with E-state index in [1.165, 1.54) is 17.4 Å². The Morgan fingerprint density at radius 2 is 1.43 bits per heavy atom. The van der Waals surface area contributed by atoms with Gasteiger partial charge in [-0.15, -0.1) is 0 Å². The van der Waals surface area contributed by atoms with E-state index in [2.05, 4.69) is 29.3 Å². The maximum Gasteiger partial charge on any atom is 0.408 e. The van der Waals surface area contributed by atoms with Gasteiger partial charge in [-0.05, 0) is 59.6 Å². The zero-order valence-corrected chi connectivity index (χ0v) is 26.8. The van der Waals surface area contributed by atoms with Gasteiger partial charge >= 0.3 is 12.1 Å². The highest BCUT2D eigenvalue weighted by molar-refractivity contribution is 6.03. The molecule has 0 bridgehead atoms. The zero-order chi connectivity index (χ0) is 32.9. The van der Waals surface area contributed by atoms with Crippen molar-refractivity contribution in [3.63, 3.8) is 0 Å². The van der Waals surface area contributed by atoms with Crippen LogP contribution >= 0.6 is 0 Å². The molecular formula is C34H47F2N3O5. The average molecular weight is 616 g/mol. The lowest BCUT2D eigenvalue weighted by atomic mass is 9.80. The van der Waals surface area contributed by atoms with Crippen LogP contribution in [0, 0.1) is 17.3 Å². The third-order valence-corrected chi connectivity index (χ3v) is 9.01. The minimum Gasteiger partial charge on any atom is -0.480 e. The van der Waals surface area contributed by atoms with Gasteiger partial charge in [0.2, 0.25) is 5.91 Å². The van der Waals surface area contributed by atoms with Crippen LogP contribution in [0.5, 0.6) is 0 Å². The molecule has 242 valence electrons. The molecule has 6 atom stereocenters. The number of nitrogens with zero attached hydrogens (tertiary/aromatic N) is 2. The maximum atomic E-state index is 13.6. The Morgan fingerprint density at radius 3 is 1.86 bits per heavy atom. The number of alkyl carbamates (subject to hydrolysis) is 1. The Labute approximate surface area is 259 Å². The molecule has 2 fully saturated rings. The SMILES string of the molecule is C[C@H](c1ccccc1)N1C[C@@H](CF)[C@@](C)(C(=O)O)C1=O.C[C@H](c1ccccc1)N1C[C@@H](CF)[C@@](C)(NC(=O)OC(C)(C)C)C1. The average Bonchev–Trinajstić information content (AvgIpc) is 3.45.